The van der Waals surface area contributed by atoms with Gasteiger partial charge in [0.2, 0.25) is 0 Å². The molecule has 4 heteroatoms. The number of hydrogen-bond donors (Lipinski definition) is 0. The second-order valence-electron chi connectivity index (χ2n) is 3.48. The molecule has 0 bridgehead atoms. The first-order valence-electron chi connectivity index (χ1n) is 4.75. The first-order valence-corrected chi connectivity index (χ1v) is 4.75. The van der Waals surface area contributed by atoms with Gasteiger partial charge in [0.25, 0.3) is 0 Å². The molecular formula is C11H10N4. The fourth-order valence-corrected chi connectivity index (χ4v) is 1.66. The summed E-state index contributed by atoms with van der Waals surface area (Å²) < 4.78 is 3.90. The number of pyridine rings is 1. The summed E-state index contributed by atoms with van der Waals surface area (Å²) in [5, 5.41) is 1.15. The molecule has 3 aromatic heterocycles. The van der Waals surface area contributed by atoms with Crippen LogP contribution in [0.15, 0.2) is 43.1 Å². The number of aryl methyl sites for hydroxylation is 1. The van der Waals surface area contributed by atoms with Crippen LogP contribution in [-0.2, 0) is 7.05 Å². The minimum Gasteiger partial charge on any atom is -0.336 e. The van der Waals surface area contributed by atoms with E-state index in [2.05, 4.69) is 22.1 Å². The Bertz CT molecular complexity index is 592. The van der Waals surface area contributed by atoms with Gasteiger partial charge in [0.05, 0.1) is 0 Å². The van der Waals surface area contributed by atoms with Crippen molar-refractivity contribution in [3.63, 3.8) is 0 Å². The molecule has 0 saturated carbocycles. The minimum absolute atomic E-state index is 0.891. The van der Waals surface area contributed by atoms with Crippen LogP contribution in [0.3, 0.4) is 0 Å². The second kappa shape index (κ2) is 2.95. The Labute approximate surface area is 86.8 Å². The Hall–Kier alpha value is -2.10. The highest BCUT2D eigenvalue weighted by molar-refractivity contribution is 5.76. The predicted octanol–water partition coefficient (Wildman–Crippen LogP) is 1.76. The molecule has 0 radical (unpaired) electrons. The van der Waals surface area contributed by atoms with Gasteiger partial charge in [-0.3, -0.25) is 4.57 Å². The Kier molecular flexibility index (Phi) is 1.62. The Morgan fingerprint density at radius 3 is 2.87 bits per heavy atom. The van der Waals surface area contributed by atoms with E-state index < -0.39 is 0 Å². The molecule has 3 aromatic rings. The summed E-state index contributed by atoms with van der Waals surface area (Å²) >= 11 is 0. The van der Waals surface area contributed by atoms with E-state index in [0.717, 1.165) is 16.9 Å². The van der Waals surface area contributed by atoms with Crippen molar-refractivity contribution in [2.75, 3.05) is 0 Å². The van der Waals surface area contributed by atoms with Crippen LogP contribution in [0.5, 0.6) is 0 Å². The fourth-order valence-electron chi connectivity index (χ4n) is 1.66. The Morgan fingerprint density at radius 1 is 1.13 bits per heavy atom. The maximum absolute atomic E-state index is 4.56. The van der Waals surface area contributed by atoms with E-state index in [9.17, 15) is 0 Å². The lowest BCUT2D eigenvalue weighted by Gasteiger charge is -2.01. The lowest BCUT2D eigenvalue weighted by Crippen LogP contribution is -1.96. The molecule has 0 aliphatic heterocycles. The molecule has 15 heavy (non-hydrogen) atoms. The van der Waals surface area contributed by atoms with Crippen molar-refractivity contribution in [1.82, 2.24) is 19.1 Å². The number of imidazole rings is 1. The summed E-state index contributed by atoms with van der Waals surface area (Å²) in [6.07, 6.45) is 7.39. The van der Waals surface area contributed by atoms with E-state index in [4.69, 9.17) is 0 Å². The molecule has 0 spiro atoms. The molecule has 0 unspecified atom stereocenters. The van der Waals surface area contributed by atoms with Crippen molar-refractivity contribution >= 4 is 11.0 Å². The molecule has 0 atom stereocenters. The van der Waals surface area contributed by atoms with Gasteiger partial charge in [-0.15, -0.1) is 0 Å². The van der Waals surface area contributed by atoms with Gasteiger partial charge in [-0.2, -0.15) is 0 Å². The zero-order chi connectivity index (χ0) is 10.3. The first-order chi connectivity index (χ1) is 7.34. The SMILES string of the molecule is Cn1ccc2ccc(-n3ccnc3)nc21. The van der Waals surface area contributed by atoms with Crippen LogP contribution in [0, 0.1) is 0 Å². The molecular weight excluding hydrogens is 188 g/mol. The van der Waals surface area contributed by atoms with Crippen LogP contribution < -0.4 is 0 Å². The van der Waals surface area contributed by atoms with Crippen LogP contribution in [0.4, 0.5) is 0 Å². The van der Waals surface area contributed by atoms with E-state index in [0.29, 0.717) is 0 Å². The van der Waals surface area contributed by atoms with Gasteiger partial charge in [-0.25, -0.2) is 9.97 Å². The van der Waals surface area contributed by atoms with E-state index in [1.165, 1.54) is 0 Å². The summed E-state index contributed by atoms with van der Waals surface area (Å²) in [5.74, 6) is 0.891. The van der Waals surface area contributed by atoms with Crippen LogP contribution in [0.25, 0.3) is 16.9 Å². The standard InChI is InChI=1S/C11H10N4/c1-14-6-4-9-2-3-10(13-11(9)14)15-7-5-12-8-15/h2-8H,1H3. The summed E-state index contributed by atoms with van der Waals surface area (Å²) in [6, 6.07) is 6.11. The van der Waals surface area contributed by atoms with E-state index >= 15 is 0 Å². The van der Waals surface area contributed by atoms with Crippen LogP contribution in [0.1, 0.15) is 0 Å². The first kappa shape index (κ1) is 8.23. The number of rotatable bonds is 1. The molecule has 4 nitrogen and oxygen atoms in total. The van der Waals surface area contributed by atoms with E-state index in [1.54, 1.807) is 12.5 Å². The van der Waals surface area contributed by atoms with Crippen molar-refractivity contribution in [2.45, 2.75) is 0 Å². The van der Waals surface area contributed by atoms with Crippen molar-refractivity contribution in [3.05, 3.63) is 43.1 Å². The Balaban J connectivity index is 2.25. The van der Waals surface area contributed by atoms with Crippen LogP contribution in [0.2, 0.25) is 0 Å². The molecule has 0 aliphatic carbocycles. The molecule has 0 N–H and O–H groups in total. The maximum Gasteiger partial charge on any atom is 0.142 e. The zero-order valence-corrected chi connectivity index (χ0v) is 8.33. The molecule has 3 rings (SSSR count). The predicted molar refractivity (Wildman–Crippen MR) is 57.8 cm³/mol. The van der Waals surface area contributed by atoms with Gasteiger partial charge in [0, 0.05) is 31.0 Å². The smallest absolute Gasteiger partial charge is 0.142 e. The molecule has 74 valence electrons. The molecule has 0 fully saturated rings. The van der Waals surface area contributed by atoms with Gasteiger partial charge in [0.1, 0.15) is 17.8 Å². The third-order valence-corrected chi connectivity index (χ3v) is 2.47. The average molecular weight is 198 g/mol. The minimum atomic E-state index is 0.891. The lowest BCUT2D eigenvalue weighted by atomic mass is 10.3. The molecule has 0 aromatic carbocycles. The van der Waals surface area contributed by atoms with E-state index in [1.807, 2.05) is 34.6 Å². The topological polar surface area (TPSA) is 35.6 Å². The average Bonchev–Trinajstić information content (AvgIpc) is 2.88. The number of fused-ring (bicyclic) bond motifs is 1. The fraction of sp³-hybridized carbons (Fsp3) is 0.0909. The van der Waals surface area contributed by atoms with Crippen LogP contribution in [-0.4, -0.2) is 19.1 Å². The van der Waals surface area contributed by atoms with Gasteiger partial charge >= 0.3 is 0 Å². The summed E-state index contributed by atoms with van der Waals surface area (Å²) in [6.45, 7) is 0. The second-order valence-corrected chi connectivity index (χ2v) is 3.48. The summed E-state index contributed by atoms with van der Waals surface area (Å²) in [4.78, 5) is 8.57. The van der Waals surface area contributed by atoms with Crippen molar-refractivity contribution < 1.29 is 0 Å². The maximum atomic E-state index is 4.56. The third kappa shape index (κ3) is 1.22. The summed E-state index contributed by atoms with van der Waals surface area (Å²) in [5.41, 5.74) is 0.987. The van der Waals surface area contributed by atoms with Crippen LogP contribution >= 0.6 is 0 Å². The molecule has 0 aliphatic rings. The molecule has 0 amide bonds. The third-order valence-electron chi connectivity index (χ3n) is 2.47. The van der Waals surface area contributed by atoms with E-state index in [-0.39, 0.29) is 0 Å². The Morgan fingerprint density at radius 2 is 2.07 bits per heavy atom. The van der Waals surface area contributed by atoms with Crippen molar-refractivity contribution in [1.29, 1.82) is 0 Å². The highest BCUT2D eigenvalue weighted by Gasteiger charge is 2.02. The number of hydrogen-bond acceptors (Lipinski definition) is 2. The van der Waals surface area contributed by atoms with Crippen molar-refractivity contribution in [2.24, 2.45) is 7.05 Å². The lowest BCUT2D eigenvalue weighted by molar-refractivity contribution is 0.929. The monoisotopic (exact) mass is 198 g/mol. The quantitative estimate of drug-likeness (QED) is 0.597. The highest BCUT2D eigenvalue weighted by atomic mass is 15.1. The molecule has 3 heterocycles. The van der Waals surface area contributed by atoms with Gasteiger partial charge in [0.15, 0.2) is 0 Å². The van der Waals surface area contributed by atoms with Crippen molar-refractivity contribution in [3.8, 4) is 5.82 Å². The molecule has 0 saturated heterocycles. The van der Waals surface area contributed by atoms with Gasteiger partial charge in [-0.1, -0.05) is 0 Å². The van der Waals surface area contributed by atoms with Gasteiger partial charge in [-0.05, 0) is 18.2 Å². The zero-order valence-electron chi connectivity index (χ0n) is 8.33. The normalized spacial score (nSPS) is 11.0. The number of aromatic nitrogens is 4. The van der Waals surface area contributed by atoms with Gasteiger partial charge < -0.3 is 4.57 Å². The number of nitrogens with zero attached hydrogens (tertiary/aromatic N) is 4. The highest BCUT2D eigenvalue weighted by Crippen LogP contribution is 2.14. The summed E-state index contributed by atoms with van der Waals surface area (Å²) in [7, 11) is 1.99. The largest absolute Gasteiger partial charge is 0.336 e.